The maximum Gasteiger partial charge on any atom is 0.244 e. The lowest BCUT2D eigenvalue weighted by molar-refractivity contribution is -0.137. The van der Waals surface area contributed by atoms with Gasteiger partial charge < -0.3 is 139 Å². The number of benzene rings is 4. The fourth-order valence-electron chi connectivity index (χ4n) is 6.10. The number of hydrogen-bond donors (Lipinski definition) is 14. The Hall–Kier alpha value is -9.31. The normalized spacial score (nSPS) is 8.74. The van der Waals surface area contributed by atoms with E-state index in [1.54, 1.807) is 11.8 Å². The summed E-state index contributed by atoms with van der Waals surface area (Å²) < 4.78 is 0. The molecule has 30 nitrogen and oxygen atoms in total. The molecule has 31 N–H and O–H groups in total. The molecule has 0 bridgehead atoms. The molecular weight excluding hydrogens is 1550 g/mol. The first-order valence-corrected chi connectivity index (χ1v) is 39.2. The Bertz CT molecular complexity index is 2110. The van der Waals surface area contributed by atoms with Crippen LogP contribution in [0.1, 0.15) is 248 Å². The second-order valence-corrected chi connectivity index (χ2v) is 23.5. The van der Waals surface area contributed by atoms with E-state index < -0.39 is 12.1 Å². The van der Waals surface area contributed by atoms with Crippen molar-refractivity contribution in [2.45, 2.75) is 260 Å². The summed E-state index contributed by atoms with van der Waals surface area (Å²) in [6, 6.07) is 39.6. The lowest BCUT2D eigenvalue weighted by atomic mass is 10.0. The van der Waals surface area contributed by atoms with E-state index in [4.69, 9.17) is 52.7 Å². The third-order valence-electron chi connectivity index (χ3n) is 13.8. The second kappa shape index (κ2) is 210. The van der Waals surface area contributed by atoms with Crippen LogP contribution in [0.15, 0.2) is 126 Å². The van der Waals surface area contributed by atoms with E-state index >= 15 is 0 Å². The second-order valence-electron chi connectivity index (χ2n) is 23.5. The van der Waals surface area contributed by atoms with Gasteiger partial charge in [-0.3, -0.25) is 19.4 Å². The number of piperidine rings is 1. The number of nitrogens with zero attached hydrogens (tertiary/aromatic N) is 2. The molecule has 0 spiro atoms. The molecule has 1 fully saturated rings. The van der Waals surface area contributed by atoms with Gasteiger partial charge in [-0.2, -0.15) is 0 Å². The van der Waals surface area contributed by atoms with E-state index in [-0.39, 0.29) is 57.5 Å². The first-order chi connectivity index (χ1) is 56.0. The largest absolute Gasteiger partial charge is 0.377 e. The minimum Gasteiger partial charge on any atom is -0.377 e. The molecule has 4 aromatic carbocycles. The summed E-state index contributed by atoms with van der Waals surface area (Å²) >= 11 is 0. The van der Waals surface area contributed by atoms with Gasteiger partial charge in [0, 0.05) is 49.8 Å². The van der Waals surface area contributed by atoms with Crippen LogP contribution >= 0.6 is 0 Å². The van der Waals surface area contributed by atoms with Gasteiger partial charge in [-0.25, -0.2) is 0 Å². The van der Waals surface area contributed by atoms with Crippen molar-refractivity contribution in [1.82, 2.24) is 57.8 Å². The van der Waals surface area contributed by atoms with E-state index in [1.807, 2.05) is 137 Å². The number of amidine groups is 1. The summed E-state index contributed by atoms with van der Waals surface area (Å²) in [5.41, 5.74) is 27.7. The molecule has 0 saturated carbocycles. The number of aliphatic imine (C=N–C) groups is 1. The van der Waals surface area contributed by atoms with Crippen LogP contribution in [0.5, 0.6) is 0 Å². The smallest absolute Gasteiger partial charge is 0.244 e. The summed E-state index contributed by atoms with van der Waals surface area (Å²) in [4.78, 5) is 130. The van der Waals surface area contributed by atoms with Crippen molar-refractivity contribution in [2.75, 3.05) is 62.4 Å². The van der Waals surface area contributed by atoms with Crippen molar-refractivity contribution >= 4 is 98.2 Å². The minimum absolute atomic E-state index is 0. The van der Waals surface area contributed by atoms with Crippen LogP contribution in [-0.2, 0) is 92.8 Å². The summed E-state index contributed by atoms with van der Waals surface area (Å²) in [7, 11) is 11.3. The number of nitrogens with two attached hydrogens (primary N) is 5. The summed E-state index contributed by atoms with van der Waals surface area (Å²) in [6.07, 6.45) is 18.4. The number of carbonyl (C=O) groups excluding carboxylic acids is 14. The lowest BCUT2D eigenvalue weighted by Gasteiger charge is -2.30. The molecule has 736 valence electrons. The number of amides is 3. The van der Waals surface area contributed by atoms with Crippen LogP contribution in [0.2, 0.25) is 0 Å². The zero-order valence-electron chi connectivity index (χ0n) is 83.3. The van der Waals surface area contributed by atoms with E-state index in [9.17, 15) is 14.4 Å². The maximum atomic E-state index is 12.6. The lowest BCUT2D eigenvalue weighted by Crippen LogP contribution is -2.54. The number of carbonyl (C=O) groups is 14. The Morgan fingerprint density at radius 3 is 0.746 bits per heavy atom. The average Bonchev–Trinajstić information content (AvgIpc) is 0.863. The highest BCUT2D eigenvalue weighted by molar-refractivity contribution is 5.91. The summed E-state index contributed by atoms with van der Waals surface area (Å²) in [6.45, 7) is 68.5. The molecule has 0 aromatic heterocycles. The number of nitrogens with one attached hydrogen (secondary N) is 3. The predicted molar refractivity (Wildman–Crippen MR) is 539 cm³/mol. The molecule has 5 rings (SSSR count). The van der Waals surface area contributed by atoms with Gasteiger partial charge in [-0.15, -0.1) is 0 Å². The van der Waals surface area contributed by atoms with Gasteiger partial charge in [0.05, 0.1) is 5.84 Å². The van der Waals surface area contributed by atoms with Gasteiger partial charge in [-0.05, 0) is 139 Å². The first-order valence-electron chi connectivity index (χ1n) is 39.2. The van der Waals surface area contributed by atoms with Crippen LogP contribution in [0.4, 0.5) is 0 Å². The minimum atomic E-state index is -0.698. The number of unbranched alkanes of at least 4 members (excludes halogenated alkanes) is 2. The van der Waals surface area contributed by atoms with Crippen LogP contribution in [0, 0.1) is 29.6 Å². The Morgan fingerprint density at radius 1 is 0.369 bits per heavy atom. The summed E-state index contributed by atoms with van der Waals surface area (Å²) in [5, 5.41) is 8.49. The third-order valence-corrected chi connectivity index (χ3v) is 13.8. The van der Waals surface area contributed by atoms with Crippen LogP contribution in [-0.4, -0.2) is 178 Å². The Kier molecular flexibility index (Phi) is 330. The first kappa shape index (κ1) is 191. The fourth-order valence-corrected chi connectivity index (χ4v) is 6.10. The van der Waals surface area contributed by atoms with E-state index in [0.717, 1.165) is 99.0 Å². The van der Waals surface area contributed by atoms with Crippen molar-refractivity contribution in [2.24, 2.45) is 63.3 Å². The van der Waals surface area contributed by atoms with Crippen molar-refractivity contribution in [3.05, 3.63) is 144 Å². The Morgan fingerprint density at radius 2 is 0.582 bits per heavy atom. The zero-order valence-corrected chi connectivity index (χ0v) is 83.3. The zero-order chi connectivity index (χ0) is 96.9. The molecule has 30 heteroatoms. The standard InChI is InChI=1S/C19H27N3O3.C8H18N2.3C8H10.5C5H12.5CH5N.11CH2O.6H3N.2H2/c1-14(19(25)22-11-7-4-8-12-22)20-18(24)17(21-15(2)23)13-16-9-5-3-6-10-16;1-4-5-6-7-8(9-2)10-3;3*1-2-8-6-4-3-5-7-8;5*1-4-5(2)3;16*1-2;;;;;;;;/h3,5-6,9-10,14,17H,4,7-8,11-13H2,1-2H3,(H,20,24)(H,21,23);4-7H2,1-3H3,(H,9,10);3*3-7H,2H2,1H3;5*5H,4H2,1-3H3;5*2H2,1H3;11*1H2;6*1H3;2*1H/t14-,17-;;;;;;;;;;;;;;;;;;;;;;;;;;;;;;;;;/m0................................./s1. The molecule has 1 aliphatic heterocycles. The Labute approximate surface area is 752 Å². The quantitative estimate of drug-likeness (QED) is 0.0250. The van der Waals surface area contributed by atoms with E-state index in [2.05, 4.69) is 254 Å². The van der Waals surface area contributed by atoms with Crippen molar-refractivity contribution in [3.63, 3.8) is 0 Å². The molecule has 0 aliphatic carbocycles. The molecular formula is C92H204N16O14. The molecule has 2 atom stereocenters. The van der Waals surface area contributed by atoms with Crippen molar-refractivity contribution in [1.29, 1.82) is 0 Å². The van der Waals surface area contributed by atoms with Crippen LogP contribution in [0.3, 0.4) is 0 Å². The SMILES string of the molecule is C=O.C=O.C=O.C=O.C=O.C=O.C=O.C=O.C=O.C=O.C=O.CC(=O)N[C@@H](Cc1ccccc1)C(=O)N[C@@H](C)C(=O)N1CCCCC1.CCC(C)C.CCC(C)C.CCC(C)C.CCC(C)C.CCC(C)C.CCCCCC(=NC)NC.CCc1ccccc1.CCc1ccccc1.CCc1ccccc1.CN.CN.CN.CN.CN.N.N.N.N.N.N.[HH].[HH]. The fraction of sp³-hybridized carbons (Fsp3) is 0.576. The van der Waals surface area contributed by atoms with Gasteiger partial charge >= 0.3 is 0 Å². The maximum absolute atomic E-state index is 12.6. The summed E-state index contributed by atoms with van der Waals surface area (Å²) in [5.74, 6) is 4.87. The average molecular weight is 1760 g/mol. The number of hydrogen-bond acceptors (Lipinski definition) is 26. The highest BCUT2D eigenvalue weighted by Crippen LogP contribution is 2.11. The number of aryl methyl sites for hydroxylation is 3. The molecule has 0 radical (unpaired) electrons. The van der Waals surface area contributed by atoms with Crippen molar-refractivity contribution in [3.8, 4) is 0 Å². The van der Waals surface area contributed by atoms with E-state index in [0.29, 0.717) is 6.42 Å². The molecule has 4 aromatic rings. The monoisotopic (exact) mass is 1760 g/mol. The van der Waals surface area contributed by atoms with Gasteiger partial charge in [0.15, 0.2) is 0 Å². The van der Waals surface area contributed by atoms with Gasteiger partial charge in [0.25, 0.3) is 0 Å². The molecule has 3 amide bonds. The topological polar surface area (TPSA) is 631 Å². The van der Waals surface area contributed by atoms with Crippen LogP contribution < -0.4 is 81.5 Å². The van der Waals surface area contributed by atoms with Gasteiger partial charge in [0.1, 0.15) is 86.8 Å². The van der Waals surface area contributed by atoms with Crippen molar-refractivity contribution < 1.29 is 70.0 Å². The number of rotatable bonds is 18. The highest BCUT2D eigenvalue weighted by Gasteiger charge is 2.27. The molecule has 122 heavy (non-hydrogen) atoms. The predicted octanol–water partition coefficient (Wildman–Crippen LogP) is 17.4. The molecule has 0 unspecified atom stereocenters. The van der Waals surface area contributed by atoms with Gasteiger partial charge in [-0.1, -0.05) is 298 Å². The number of likely N-dealkylation sites (tertiary alicyclic amines) is 1. The molecule has 1 saturated heterocycles. The molecule has 1 aliphatic rings. The van der Waals surface area contributed by atoms with Crippen LogP contribution in [0.25, 0.3) is 0 Å². The van der Waals surface area contributed by atoms with E-state index in [1.165, 1.54) is 110 Å². The molecule has 1 heterocycles. The Balaban J connectivity index is -0.0000000298. The van der Waals surface area contributed by atoms with Gasteiger partial charge in [0.2, 0.25) is 17.7 Å². The third kappa shape index (κ3) is 210. The highest BCUT2D eigenvalue weighted by atomic mass is 16.2.